The van der Waals surface area contributed by atoms with Crippen molar-refractivity contribution in [3.8, 4) is 29.1 Å². The molecule has 186 valence electrons. The van der Waals surface area contributed by atoms with Crippen molar-refractivity contribution in [2.75, 3.05) is 13.6 Å². The molecule has 0 aliphatic heterocycles. The molecular weight excluding hydrogens is 476 g/mol. The highest BCUT2D eigenvalue weighted by Gasteiger charge is 2.09. The first-order valence-corrected chi connectivity index (χ1v) is 10.8. The highest BCUT2D eigenvalue weighted by Crippen LogP contribution is 2.17. The summed E-state index contributed by atoms with van der Waals surface area (Å²) in [5.74, 6) is 5.69. The van der Waals surface area contributed by atoms with E-state index < -0.39 is 17.9 Å². The molecule has 0 saturated carbocycles. The van der Waals surface area contributed by atoms with E-state index in [1.807, 2.05) is 0 Å². The molecule has 8 heteroatoms. The van der Waals surface area contributed by atoms with Gasteiger partial charge < -0.3 is 23.7 Å². The summed E-state index contributed by atoms with van der Waals surface area (Å²) in [7, 11) is 0. The Kier molecular flexibility index (Phi) is 9.65. The average Bonchev–Trinajstić information content (AvgIpc) is 2.93. The van der Waals surface area contributed by atoms with Gasteiger partial charge in [0.05, 0.1) is 5.56 Å². The molecule has 0 unspecified atom stereocenters. The summed E-state index contributed by atoms with van der Waals surface area (Å²) in [6.45, 7) is 6.12. The van der Waals surface area contributed by atoms with Crippen LogP contribution in [0.2, 0.25) is 0 Å². The summed E-state index contributed by atoms with van der Waals surface area (Å²) in [6.07, 6.45) is 2.09. The molecule has 0 aromatic heterocycles. The molecule has 0 aliphatic carbocycles. The van der Waals surface area contributed by atoms with Crippen molar-refractivity contribution in [3.63, 3.8) is 0 Å². The largest absolute Gasteiger partial charge is 0.457 e. The summed E-state index contributed by atoms with van der Waals surface area (Å²) in [5, 5.41) is 0. The quantitative estimate of drug-likeness (QED) is 0.133. The van der Waals surface area contributed by atoms with E-state index in [4.69, 9.17) is 23.7 Å². The second-order valence-corrected chi connectivity index (χ2v) is 7.07. The van der Waals surface area contributed by atoms with Crippen LogP contribution < -0.4 is 14.2 Å². The first kappa shape index (κ1) is 26.3. The zero-order chi connectivity index (χ0) is 26.5. The van der Waals surface area contributed by atoms with E-state index in [0.717, 1.165) is 23.3 Å². The Balaban J connectivity index is 1.49. The van der Waals surface area contributed by atoms with Crippen molar-refractivity contribution >= 4 is 17.9 Å². The van der Waals surface area contributed by atoms with Crippen LogP contribution in [0.15, 0.2) is 98.1 Å². The Morgan fingerprint density at radius 2 is 1.03 bits per heavy atom. The van der Waals surface area contributed by atoms with Gasteiger partial charge in [0, 0.05) is 23.3 Å². The van der Waals surface area contributed by atoms with Crippen LogP contribution >= 0.6 is 0 Å². The van der Waals surface area contributed by atoms with Crippen LogP contribution in [0, 0.1) is 11.8 Å². The Morgan fingerprint density at radius 1 is 0.622 bits per heavy atom. The van der Waals surface area contributed by atoms with Gasteiger partial charge in [0.25, 0.3) is 0 Å². The summed E-state index contributed by atoms with van der Waals surface area (Å²) in [5.41, 5.74) is 1.82. The van der Waals surface area contributed by atoms with E-state index in [1.165, 1.54) is 12.1 Å². The molecule has 37 heavy (non-hydrogen) atoms. The molecule has 3 aromatic rings. The maximum Gasteiger partial charge on any atom is 0.343 e. The highest BCUT2D eigenvalue weighted by atomic mass is 16.7. The van der Waals surface area contributed by atoms with Crippen molar-refractivity contribution in [3.05, 3.63) is 115 Å². The average molecular weight is 498 g/mol. The molecule has 0 fully saturated rings. The molecule has 0 radical (unpaired) electrons. The number of ether oxygens (including phenoxy) is 5. The second-order valence-electron chi connectivity index (χ2n) is 7.07. The molecule has 0 saturated heterocycles. The monoisotopic (exact) mass is 498 g/mol. The zero-order valence-electron chi connectivity index (χ0n) is 19.7. The van der Waals surface area contributed by atoms with Gasteiger partial charge in [-0.1, -0.05) is 25.0 Å². The Morgan fingerprint density at radius 3 is 1.46 bits per heavy atom. The standard InChI is InChI=1S/C29H22O8/c1-3-27(30)35-19-33-24-13-7-21(8-14-24)5-6-22-9-15-26(16-10-22)37-29(32)23-11-17-25(18-12-23)34-20-36-28(31)4-2/h3-4,7-18H,1-2,19-20H2. The fraction of sp³-hybridized carbons (Fsp3) is 0.0690. The molecule has 0 heterocycles. The summed E-state index contributed by atoms with van der Waals surface area (Å²) in [6, 6.07) is 20.0. The van der Waals surface area contributed by atoms with Crippen molar-refractivity contribution < 1.29 is 38.1 Å². The normalized spacial score (nSPS) is 9.62. The summed E-state index contributed by atoms with van der Waals surface area (Å²) in [4.78, 5) is 34.4. The van der Waals surface area contributed by atoms with Crippen LogP contribution in [0.5, 0.6) is 17.2 Å². The van der Waals surface area contributed by atoms with Gasteiger partial charge in [-0.3, -0.25) is 0 Å². The smallest absolute Gasteiger partial charge is 0.343 e. The molecule has 0 atom stereocenters. The van der Waals surface area contributed by atoms with Gasteiger partial charge in [-0.15, -0.1) is 0 Å². The molecule has 0 amide bonds. The van der Waals surface area contributed by atoms with Crippen LogP contribution in [0.4, 0.5) is 0 Å². The number of benzene rings is 3. The Bertz CT molecular complexity index is 1310. The minimum Gasteiger partial charge on any atom is -0.457 e. The van der Waals surface area contributed by atoms with Crippen LogP contribution in [0.25, 0.3) is 0 Å². The highest BCUT2D eigenvalue weighted by molar-refractivity contribution is 5.91. The predicted molar refractivity (Wildman–Crippen MR) is 134 cm³/mol. The van der Waals surface area contributed by atoms with Gasteiger partial charge in [0.1, 0.15) is 17.2 Å². The van der Waals surface area contributed by atoms with Crippen molar-refractivity contribution in [2.45, 2.75) is 0 Å². The maximum atomic E-state index is 12.4. The molecule has 0 aliphatic rings. The van der Waals surface area contributed by atoms with E-state index >= 15 is 0 Å². The third kappa shape index (κ3) is 8.77. The first-order valence-electron chi connectivity index (χ1n) is 10.8. The predicted octanol–water partition coefficient (Wildman–Crippen LogP) is 4.44. The van der Waals surface area contributed by atoms with E-state index in [9.17, 15) is 14.4 Å². The van der Waals surface area contributed by atoms with Crippen LogP contribution in [-0.2, 0) is 19.1 Å². The molecule has 0 bridgehead atoms. The molecule has 3 aromatic carbocycles. The van der Waals surface area contributed by atoms with Crippen LogP contribution in [-0.4, -0.2) is 31.5 Å². The van der Waals surface area contributed by atoms with Crippen molar-refractivity contribution in [1.29, 1.82) is 0 Å². The lowest BCUT2D eigenvalue weighted by Gasteiger charge is -2.07. The van der Waals surface area contributed by atoms with Gasteiger partial charge in [-0.05, 0) is 72.8 Å². The Labute approximate surface area is 213 Å². The third-order valence-electron chi connectivity index (χ3n) is 4.55. The van der Waals surface area contributed by atoms with Crippen LogP contribution in [0.1, 0.15) is 21.5 Å². The van der Waals surface area contributed by atoms with E-state index in [2.05, 4.69) is 25.0 Å². The number of hydrogen-bond acceptors (Lipinski definition) is 8. The zero-order valence-corrected chi connectivity index (χ0v) is 19.7. The van der Waals surface area contributed by atoms with Gasteiger partial charge in [0.2, 0.25) is 13.6 Å². The number of carbonyl (C=O) groups is 3. The van der Waals surface area contributed by atoms with E-state index in [0.29, 0.717) is 22.8 Å². The lowest BCUT2D eigenvalue weighted by atomic mass is 10.1. The van der Waals surface area contributed by atoms with Crippen LogP contribution in [0.3, 0.4) is 0 Å². The van der Waals surface area contributed by atoms with Crippen molar-refractivity contribution in [1.82, 2.24) is 0 Å². The van der Waals surface area contributed by atoms with Gasteiger partial charge >= 0.3 is 17.9 Å². The van der Waals surface area contributed by atoms with E-state index in [-0.39, 0.29) is 13.6 Å². The lowest BCUT2D eigenvalue weighted by Crippen LogP contribution is -2.09. The number of carbonyl (C=O) groups excluding carboxylic acids is 3. The SMILES string of the molecule is C=CC(=O)OCOc1ccc(C#Cc2ccc(OC(=O)c3ccc(OCOC(=O)C=C)cc3)cc2)cc1. The topological polar surface area (TPSA) is 97.4 Å². The third-order valence-corrected chi connectivity index (χ3v) is 4.55. The maximum absolute atomic E-state index is 12.4. The Hall–Kier alpha value is -5.29. The van der Waals surface area contributed by atoms with E-state index in [1.54, 1.807) is 60.7 Å². The minimum absolute atomic E-state index is 0.207. The number of hydrogen-bond donors (Lipinski definition) is 0. The molecule has 3 rings (SSSR count). The fourth-order valence-corrected chi connectivity index (χ4v) is 2.67. The van der Waals surface area contributed by atoms with Crippen molar-refractivity contribution in [2.24, 2.45) is 0 Å². The molecule has 0 spiro atoms. The molecule has 8 nitrogen and oxygen atoms in total. The van der Waals surface area contributed by atoms with Gasteiger partial charge in [-0.25, -0.2) is 14.4 Å². The number of esters is 3. The first-order chi connectivity index (χ1) is 18.0. The van der Waals surface area contributed by atoms with Gasteiger partial charge in [-0.2, -0.15) is 0 Å². The fourth-order valence-electron chi connectivity index (χ4n) is 2.67. The molecule has 0 N–H and O–H groups in total. The van der Waals surface area contributed by atoms with Gasteiger partial charge in [0.15, 0.2) is 0 Å². The minimum atomic E-state index is -0.594. The second kappa shape index (κ2) is 13.6. The lowest BCUT2D eigenvalue weighted by molar-refractivity contribution is -0.145. The number of rotatable bonds is 10. The molecular formula is C29H22O8. The summed E-state index contributed by atoms with van der Waals surface area (Å²) < 4.78 is 25.4. The summed E-state index contributed by atoms with van der Waals surface area (Å²) >= 11 is 0.